The molecule has 0 aromatic rings. The lowest BCUT2D eigenvalue weighted by atomic mass is 9.77. The summed E-state index contributed by atoms with van der Waals surface area (Å²) in [6.45, 7) is 14.5. The molecule has 1 rings (SSSR count). The number of rotatable bonds is 4. The molecular formula is C15H30. The maximum atomic E-state index is 2.51. The maximum Gasteiger partial charge on any atom is -0.0329 e. The normalized spacial score (nSPS) is 41.4. The highest BCUT2D eigenvalue weighted by atomic mass is 14.5. The minimum atomic E-state index is 0.874. The van der Waals surface area contributed by atoms with Crippen molar-refractivity contribution in [2.24, 2.45) is 35.5 Å². The lowest BCUT2D eigenvalue weighted by molar-refractivity contribution is 0.201. The Morgan fingerprint density at radius 3 is 1.60 bits per heavy atom. The van der Waals surface area contributed by atoms with Crippen LogP contribution in [0.15, 0.2) is 0 Å². The largest absolute Gasteiger partial charge is 0.0651 e. The van der Waals surface area contributed by atoms with Crippen molar-refractivity contribution in [3.8, 4) is 0 Å². The van der Waals surface area contributed by atoms with E-state index in [9.17, 15) is 0 Å². The van der Waals surface area contributed by atoms with Gasteiger partial charge >= 0.3 is 0 Å². The molecule has 0 radical (unpaired) electrons. The third-order valence-electron chi connectivity index (χ3n) is 5.07. The van der Waals surface area contributed by atoms with E-state index in [-0.39, 0.29) is 0 Å². The van der Waals surface area contributed by atoms with E-state index in [0.717, 1.165) is 35.5 Å². The van der Waals surface area contributed by atoms with Gasteiger partial charge in [0.15, 0.2) is 0 Å². The van der Waals surface area contributed by atoms with E-state index in [2.05, 4.69) is 41.5 Å². The maximum absolute atomic E-state index is 2.51. The molecule has 0 aliphatic heterocycles. The molecular weight excluding hydrogens is 180 g/mol. The Morgan fingerprint density at radius 2 is 1.27 bits per heavy atom. The van der Waals surface area contributed by atoms with Crippen molar-refractivity contribution in [2.75, 3.05) is 0 Å². The minimum Gasteiger partial charge on any atom is -0.0651 e. The second-order valence-corrected chi connectivity index (χ2v) is 5.90. The Morgan fingerprint density at radius 1 is 0.800 bits per heavy atom. The average molecular weight is 210 g/mol. The summed E-state index contributed by atoms with van der Waals surface area (Å²) >= 11 is 0. The SMILES string of the molecule is CCC1C(C)C(CC)C(C(C)C)C1CC. The van der Waals surface area contributed by atoms with Crippen molar-refractivity contribution < 1.29 is 0 Å². The third kappa shape index (κ3) is 2.24. The molecule has 0 spiro atoms. The van der Waals surface area contributed by atoms with E-state index in [1.807, 2.05) is 0 Å². The summed E-state index contributed by atoms with van der Waals surface area (Å²) in [6, 6.07) is 0. The molecule has 0 saturated heterocycles. The number of hydrogen-bond donors (Lipinski definition) is 0. The lowest BCUT2D eigenvalue weighted by Gasteiger charge is -2.29. The average Bonchev–Trinajstić information content (AvgIpc) is 2.49. The molecule has 1 aliphatic rings. The number of hydrogen-bond acceptors (Lipinski definition) is 0. The molecule has 90 valence electrons. The van der Waals surface area contributed by atoms with Gasteiger partial charge in [-0.15, -0.1) is 0 Å². The molecule has 5 unspecified atom stereocenters. The first-order chi connectivity index (χ1) is 7.08. The van der Waals surface area contributed by atoms with Crippen LogP contribution >= 0.6 is 0 Å². The Balaban J connectivity index is 2.90. The summed E-state index contributed by atoms with van der Waals surface area (Å²) in [7, 11) is 0. The van der Waals surface area contributed by atoms with E-state index >= 15 is 0 Å². The van der Waals surface area contributed by atoms with Crippen molar-refractivity contribution >= 4 is 0 Å². The Bertz CT molecular complexity index is 182. The van der Waals surface area contributed by atoms with Gasteiger partial charge in [0, 0.05) is 0 Å². The topological polar surface area (TPSA) is 0 Å². The molecule has 0 aromatic heterocycles. The first-order valence-electron chi connectivity index (χ1n) is 7.08. The van der Waals surface area contributed by atoms with Gasteiger partial charge in [0.1, 0.15) is 0 Å². The van der Waals surface area contributed by atoms with Crippen LogP contribution in [0.2, 0.25) is 0 Å². The van der Waals surface area contributed by atoms with Crippen molar-refractivity contribution in [3.05, 3.63) is 0 Å². The van der Waals surface area contributed by atoms with Crippen molar-refractivity contribution in [1.29, 1.82) is 0 Å². The Labute approximate surface area is 96.8 Å². The summed E-state index contributed by atoms with van der Waals surface area (Å²) in [5, 5.41) is 0. The van der Waals surface area contributed by atoms with Crippen molar-refractivity contribution in [1.82, 2.24) is 0 Å². The van der Waals surface area contributed by atoms with Crippen molar-refractivity contribution in [3.63, 3.8) is 0 Å². The fraction of sp³-hybridized carbons (Fsp3) is 1.00. The van der Waals surface area contributed by atoms with Gasteiger partial charge in [-0.1, -0.05) is 60.8 Å². The standard InChI is InChI=1S/C15H30/c1-7-12-11(6)13(8-2)15(10(4)5)14(12)9-3/h10-15H,7-9H2,1-6H3. The lowest BCUT2D eigenvalue weighted by Crippen LogP contribution is -2.22. The van der Waals surface area contributed by atoms with Crippen LogP contribution in [0.5, 0.6) is 0 Å². The smallest absolute Gasteiger partial charge is 0.0329 e. The van der Waals surface area contributed by atoms with Gasteiger partial charge in [0.25, 0.3) is 0 Å². The van der Waals surface area contributed by atoms with Crippen LogP contribution in [0.3, 0.4) is 0 Å². The summed E-state index contributed by atoms with van der Waals surface area (Å²) in [4.78, 5) is 0. The zero-order valence-electron chi connectivity index (χ0n) is 11.6. The predicted octanol–water partition coefficient (Wildman–Crippen LogP) is 4.99. The molecule has 0 N–H and O–H groups in total. The summed E-state index contributed by atoms with van der Waals surface area (Å²) in [5.41, 5.74) is 0. The van der Waals surface area contributed by atoms with Crippen LogP contribution in [-0.2, 0) is 0 Å². The van der Waals surface area contributed by atoms with Gasteiger partial charge in [0.2, 0.25) is 0 Å². The highest BCUT2D eigenvalue weighted by Crippen LogP contribution is 2.52. The predicted molar refractivity (Wildman–Crippen MR) is 68.8 cm³/mol. The molecule has 15 heavy (non-hydrogen) atoms. The summed E-state index contributed by atoms with van der Waals surface area (Å²) in [6.07, 6.45) is 4.17. The van der Waals surface area contributed by atoms with E-state index in [1.54, 1.807) is 0 Å². The zero-order chi connectivity index (χ0) is 11.6. The van der Waals surface area contributed by atoms with E-state index in [1.165, 1.54) is 19.3 Å². The van der Waals surface area contributed by atoms with E-state index < -0.39 is 0 Å². The van der Waals surface area contributed by atoms with E-state index in [0.29, 0.717) is 0 Å². The van der Waals surface area contributed by atoms with Crippen LogP contribution in [0.4, 0.5) is 0 Å². The summed E-state index contributed by atoms with van der Waals surface area (Å²) in [5.74, 6) is 5.79. The van der Waals surface area contributed by atoms with Gasteiger partial charge in [-0.25, -0.2) is 0 Å². The summed E-state index contributed by atoms with van der Waals surface area (Å²) < 4.78 is 0. The fourth-order valence-corrected chi connectivity index (χ4v) is 4.54. The van der Waals surface area contributed by atoms with E-state index in [4.69, 9.17) is 0 Å². The van der Waals surface area contributed by atoms with Crippen molar-refractivity contribution in [2.45, 2.75) is 60.8 Å². The van der Waals surface area contributed by atoms with Gasteiger partial charge in [-0.2, -0.15) is 0 Å². The Hall–Kier alpha value is 0. The van der Waals surface area contributed by atoms with Gasteiger partial charge in [0.05, 0.1) is 0 Å². The highest BCUT2D eigenvalue weighted by Gasteiger charge is 2.46. The van der Waals surface area contributed by atoms with Gasteiger partial charge in [-0.3, -0.25) is 0 Å². The first kappa shape index (κ1) is 13.1. The molecule has 1 saturated carbocycles. The van der Waals surface area contributed by atoms with Crippen LogP contribution in [-0.4, -0.2) is 0 Å². The first-order valence-corrected chi connectivity index (χ1v) is 7.08. The second-order valence-electron chi connectivity index (χ2n) is 5.90. The second kappa shape index (κ2) is 5.37. The van der Waals surface area contributed by atoms with Gasteiger partial charge < -0.3 is 0 Å². The molecule has 0 heterocycles. The molecule has 0 nitrogen and oxygen atoms in total. The molecule has 0 heteroatoms. The molecule has 1 aliphatic carbocycles. The van der Waals surface area contributed by atoms with Crippen LogP contribution in [0.25, 0.3) is 0 Å². The molecule has 5 atom stereocenters. The third-order valence-corrected chi connectivity index (χ3v) is 5.07. The zero-order valence-corrected chi connectivity index (χ0v) is 11.6. The van der Waals surface area contributed by atoms with Crippen LogP contribution in [0, 0.1) is 35.5 Å². The van der Waals surface area contributed by atoms with Crippen LogP contribution < -0.4 is 0 Å². The molecule has 0 bridgehead atoms. The van der Waals surface area contributed by atoms with Gasteiger partial charge in [-0.05, 0) is 35.5 Å². The quantitative estimate of drug-likeness (QED) is 0.613. The van der Waals surface area contributed by atoms with Crippen LogP contribution in [0.1, 0.15) is 60.8 Å². The monoisotopic (exact) mass is 210 g/mol. The fourth-order valence-electron chi connectivity index (χ4n) is 4.54. The molecule has 0 amide bonds. The molecule has 1 fully saturated rings. The Kier molecular flexibility index (Phi) is 4.67. The minimum absolute atomic E-state index is 0.874. The molecule has 0 aromatic carbocycles. The highest BCUT2D eigenvalue weighted by molar-refractivity contribution is 4.94.